The first-order valence-corrected chi connectivity index (χ1v) is 17.6. The van der Waals surface area contributed by atoms with E-state index in [1.807, 2.05) is 4.90 Å². The molecule has 0 spiro atoms. The summed E-state index contributed by atoms with van der Waals surface area (Å²) in [5.41, 5.74) is 5.71. The van der Waals surface area contributed by atoms with Gasteiger partial charge in [-0.1, -0.05) is 42.5 Å². The van der Waals surface area contributed by atoms with Crippen molar-refractivity contribution in [3.63, 3.8) is 0 Å². The average Bonchev–Trinajstić information content (AvgIpc) is 2.96. The van der Waals surface area contributed by atoms with Crippen molar-refractivity contribution in [2.45, 2.75) is 70.0 Å². The van der Waals surface area contributed by atoms with Crippen LogP contribution in [0.2, 0.25) is 0 Å². The number of nitrogens with one attached hydrogen (secondary N) is 1. The number of benzene rings is 2. The fourth-order valence-electron chi connectivity index (χ4n) is 6.25. The molecule has 7 nitrogen and oxygen atoms in total. The van der Waals surface area contributed by atoms with Crippen LogP contribution in [0.3, 0.4) is 0 Å². The normalized spacial score (nSPS) is 26.4. The molecule has 1 unspecified atom stereocenters. The third-order valence-electron chi connectivity index (χ3n) is 9.16. The minimum Gasteiger partial charge on any atom is -0.390 e. The molecule has 2 aliphatic rings. The molecular formula is C34H53N3O4S. The van der Waals surface area contributed by atoms with E-state index in [1.54, 1.807) is 0 Å². The number of unbranched alkanes of at least 4 members (excludes halogenated alkanes) is 1. The Kier molecular flexibility index (Phi) is 11.5. The van der Waals surface area contributed by atoms with E-state index in [4.69, 9.17) is 0 Å². The zero-order valence-electron chi connectivity index (χ0n) is 26.2. The molecule has 0 aromatic heterocycles. The summed E-state index contributed by atoms with van der Waals surface area (Å²) in [6.45, 7) is 11.4. The fraction of sp³-hybridized carbons (Fsp3) is 0.618. The Labute approximate surface area is 255 Å². The van der Waals surface area contributed by atoms with E-state index in [0.29, 0.717) is 12.3 Å². The highest BCUT2D eigenvalue weighted by Gasteiger charge is 2.40. The molecule has 2 aromatic rings. The number of piperazine rings is 1. The van der Waals surface area contributed by atoms with Gasteiger partial charge in [0.2, 0.25) is 5.91 Å². The lowest BCUT2D eigenvalue weighted by molar-refractivity contribution is -0.141. The average molecular weight is 600 g/mol. The number of carbonyl (C=O) groups is 1. The number of nitrogens with zero attached hydrogens (tertiary/aromatic N) is 2. The Hall–Kier alpha value is -1.94. The van der Waals surface area contributed by atoms with Crippen LogP contribution < -0.4 is 5.32 Å². The van der Waals surface area contributed by atoms with Crippen molar-refractivity contribution in [3.8, 4) is 0 Å². The van der Waals surface area contributed by atoms with Crippen LogP contribution >= 0.6 is 10.9 Å². The number of hydrogen-bond donors (Lipinski definition) is 5. The van der Waals surface area contributed by atoms with Gasteiger partial charge in [0.15, 0.2) is 0 Å². The number of likely N-dealkylation sites (N-methyl/N-ethyl adjacent to an activating group) is 1. The summed E-state index contributed by atoms with van der Waals surface area (Å²) in [7, 11) is 1.48. The van der Waals surface area contributed by atoms with E-state index in [2.05, 4.69) is 86.8 Å². The Bertz CT molecular complexity index is 1170. The predicted molar refractivity (Wildman–Crippen MR) is 175 cm³/mol. The molecule has 234 valence electrons. The molecule has 42 heavy (non-hydrogen) atoms. The zero-order chi connectivity index (χ0) is 30.4. The predicted octanol–water partition coefficient (Wildman–Crippen LogP) is 3.07. The maximum absolute atomic E-state index is 13.0. The van der Waals surface area contributed by atoms with Gasteiger partial charge in [0.25, 0.3) is 0 Å². The van der Waals surface area contributed by atoms with E-state index in [-0.39, 0.29) is 16.6 Å². The molecule has 4 N–H and O–H groups in total. The van der Waals surface area contributed by atoms with Crippen molar-refractivity contribution < 1.29 is 20.1 Å². The molecule has 2 saturated heterocycles. The highest BCUT2D eigenvalue weighted by molar-refractivity contribution is 8.16. The van der Waals surface area contributed by atoms with Crippen molar-refractivity contribution in [1.29, 1.82) is 0 Å². The number of rotatable bonds is 11. The molecule has 2 aliphatic heterocycles. The van der Waals surface area contributed by atoms with Crippen molar-refractivity contribution in [2.24, 2.45) is 5.41 Å². The molecule has 4 rings (SSSR count). The van der Waals surface area contributed by atoms with Crippen LogP contribution in [-0.2, 0) is 17.6 Å². The van der Waals surface area contributed by atoms with Crippen LogP contribution in [0.4, 0.5) is 0 Å². The lowest BCUT2D eigenvalue weighted by Crippen LogP contribution is -2.53. The van der Waals surface area contributed by atoms with Crippen LogP contribution in [0.15, 0.2) is 42.5 Å². The molecule has 0 bridgehead atoms. The van der Waals surface area contributed by atoms with Crippen LogP contribution in [0.1, 0.15) is 59.8 Å². The van der Waals surface area contributed by atoms with Gasteiger partial charge in [-0.25, -0.2) is 10.9 Å². The second-order valence-electron chi connectivity index (χ2n) is 13.2. The van der Waals surface area contributed by atoms with E-state index >= 15 is 0 Å². The van der Waals surface area contributed by atoms with E-state index in [1.165, 1.54) is 22.3 Å². The smallest absolute Gasteiger partial charge is 0.229 e. The third kappa shape index (κ3) is 8.36. The van der Waals surface area contributed by atoms with Gasteiger partial charge in [-0.3, -0.25) is 4.79 Å². The summed E-state index contributed by atoms with van der Waals surface area (Å²) in [4.78, 5) is 17.3. The molecule has 2 heterocycles. The first-order chi connectivity index (χ1) is 20.0. The third-order valence-corrected chi connectivity index (χ3v) is 11.7. The molecular weight excluding hydrogens is 546 g/mol. The van der Waals surface area contributed by atoms with Gasteiger partial charge < -0.3 is 30.4 Å². The molecule has 0 radical (unpaired) electrons. The summed E-state index contributed by atoms with van der Waals surface area (Å²) in [6, 6.07) is 15.3. The minimum absolute atomic E-state index is 0.127. The Morgan fingerprint density at radius 3 is 2.33 bits per heavy atom. The Morgan fingerprint density at radius 1 is 0.976 bits per heavy atom. The molecule has 5 atom stereocenters. The van der Waals surface area contributed by atoms with Gasteiger partial charge in [0.05, 0.1) is 17.6 Å². The molecule has 0 aliphatic carbocycles. The van der Waals surface area contributed by atoms with Crippen LogP contribution in [-0.4, -0.2) is 108 Å². The van der Waals surface area contributed by atoms with Gasteiger partial charge in [-0.15, -0.1) is 0 Å². The van der Waals surface area contributed by atoms with Gasteiger partial charge in [0.1, 0.15) is 6.10 Å². The molecule has 2 aromatic carbocycles. The van der Waals surface area contributed by atoms with Crippen LogP contribution in [0.5, 0.6) is 0 Å². The molecule has 1 amide bonds. The minimum atomic E-state index is -1.09. The van der Waals surface area contributed by atoms with Gasteiger partial charge in [0, 0.05) is 43.7 Å². The number of aliphatic hydroxyl groups excluding tert-OH is 3. The van der Waals surface area contributed by atoms with Crippen molar-refractivity contribution in [2.75, 3.05) is 58.3 Å². The first-order valence-electron chi connectivity index (χ1n) is 15.6. The molecule has 0 saturated carbocycles. The summed E-state index contributed by atoms with van der Waals surface area (Å²) in [5, 5.41) is 34.5. The summed E-state index contributed by atoms with van der Waals surface area (Å²) >= 11 is 0. The standard InChI is InChI=1S/C34H53N3O4S/c1-24-9-14-27(32-31(40)30(39)29(38)22-42(32)5)21-28(24)20-26-12-10-25(11-13-26)8-6-7-15-35-23-34(2,3)33(41)37-18-16-36(4)17-19-37/h9-14,21,29-32,35,38-40,42H,6-8,15-20,22-23H2,1-5H3/t29-,30-,31-,32+/m1/s1. The monoisotopic (exact) mass is 599 g/mol. The summed E-state index contributed by atoms with van der Waals surface area (Å²) < 4.78 is 0. The fourth-order valence-corrected chi connectivity index (χ4v) is 8.65. The van der Waals surface area contributed by atoms with E-state index in [9.17, 15) is 20.1 Å². The first kappa shape index (κ1) is 33.0. The van der Waals surface area contributed by atoms with E-state index in [0.717, 1.165) is 64.0 Å². The summed E-state index contributed by atoms with van der Waals surface area (Å²) in [5.74, 6) is 0.804. The lowest BCUT2D eigenvalue weighted by Gasteiger charge is -2.42. The van der Waals surface area contributed by atoms with Crippen molar-refractivity contribution in [3.05, 3.63) is 70.3 Å². The molecule has 8 heteroatoms. The van der Waals surface area contributed by atoms with Crippen molar-refractivity contribution >= 4 is 16.8 Å². The Morgan fingerprint density at radius 2 is 1.64 bits per heavy atom. The van der Waals surface area contributed by atoms with Crippen LogP contribution in [0.25, 0.3) is 0 Å². The van der Waals surface area contributed by atoms with Crippen molar-refractivity contribution in [1.82, 2.24) is 15.1 Å². The van der Waals surface area contributed by atoms with Crippen LogP contribution in [0, 0.1) is 12.3 Å². The number of aryl methyl sites for hydroxylation is 2. The SMILES string of the molecule is Cc1ccc([C@H]2[C@H](O)[C@H](O)[C@H](O)C[SH]2C)cc1Cc1ccc(CCCCNCC(C)(C)C(=O)N2CCN(C)CC2)cc1. The van der Waals surface area contributed by atoms with Gasteiger partial charge >= 0.3 is 0 Å². The second-order valence-corrected chi connectivity index (χ2v) is 15.7. The van der Waals surface area contributed by atoms with Gasteiger partial charge in [-0.05, 0) is 94.1 Å². The number of thiol groups is 1. The lowest BCUT2D eigenvalue weighted by atomic mass is 9.91. The van der Waals surface area contributed by atoms with Gasteiger partial charge in [-0.2, -0.15) is 0 Å². The zero-order valence-corrected chi connectivity index (χ0v) is 27.1. The largest absolute Gasteiger partial charge is 0.390 e. The Balaban J connectivity index is 1.22. The maximum Gasteiger partial charge on any atom is 0.229 e. The number of carbonyl (C=O) groups excluding carboxylic acids is 1. The molecule has 2 fully saturated rings. The highest BCUT2D eigenvalue weighted by Crippen LogP contribution is 2.48. The quantitative estimate of drug-likeness (QED) is 0.201. The van der Waals surface area contributed by atoms with E-state index < -0.39 is 29.2 Å². The highest BCUT2D eigenvalue weighted by atomic mass is 32.2. The topological polar surface area (TPSA) is 96.3 Å². The maximum atomic E-state index is 13.0. The summed E-state index contributed by atoms with van der Waals surface area (Å²) in [6.07, 6.45) is 3.26. The second kappa shape index (κ2) is 14.7. The number of hydrogen-bond acceptors (Lipinski definition) is 6. The number of aliphatic hydroxyl groups is 3. The number of amides is 1.